The summed E-state index contributed by atoms with van der Waals surface area (Å²) in [5, 5.41) is 16.9. The largest absolute Gasteiger partial charge is 0.486 e. The van der Waals surface area contributed by atoms with Crippen LogP contribution in [0.3, 0.4) is 0 Å². The molecule has 162 valence electrons. The second-order valence-electron chi connectivity index (χ2n) is 7.06. The normalized spacial score (nSPS) is 12.9. The third kappa shape index (κ3) is 4.58. The standard InChI is InChI=1S/C23H18ClFN4O3/c1-14-19(22(24)29(28-14)13-15-2-4-17(25)5-3-15)10-16(12-26)23(30)27-18-6-7-20-21(11-18)32-9-8-31-20/h2-7,10-11H,8-9,13H2,1H3,(H,27,30)/b16-10+. The molecule has 0 spiro atoms. The summed E-state index contributed by atoms with van der Waals surface area (Å²) in [6, 6.07) is 12.9. The Bertz CT molecular complexity index is 1250. The quantitative estimate of drug-likeness (QED) is 0.459. The van der Waals surface area contributed by atoms with Crippen LogP contribution in [-0.4, -0.2) is 28.9 Å². The molecule has 3 aromatic rings. The SMILES string of the molecule is Cc1nn(Cc2ccc(F)cc2)c(Cl)c1/C=C(\C#N)C(=O)Nc1ccc2c(c1)OCCO2. The molecule has 2 aromatic carbocycles. The van der Waals surface area contributed by atoms with Crippen LogP contribution in [0.5, 0.6) is 11.5 Å². The third-order valence-corrected chi connectivity index (χ3v) is 5.21. The topological polar surface area (TPSA) is 89.2 Å². The first-order chi connectivity index (χ1) is 15.4. The van der Waals surface area contributed by atoms with E-state index >= 15 is 0 Å². The Kier molecular flexibility index (Phi) is 6.10. The highest BCUT2D eigenvalue weighted by atomic mass is 35.5. The van der Waals surface area contributed by atoms with Crippen LogP contribution < -0.4 is 14.8 Å². The van der Waals surface area contributed by atoms with Gasteiger partial charge in [0.1, 0.15) is 35.8 Å². The number of nitriles is 1. The summed E-state index contributed by atoms with van der Waals surface area (Å²) in [5.41, 5.74) is 2.16. The number of fused-ring (bicyclic) bond motifs is 1. The number of nitrogens with one attached hydrogen (secondary N) is 1. The molecule has 7 nitrogen and oxygen atoms in total. The molecule has 0 aliphatic carbocycles. The molecule has 1 amide bonds. The number of benzene rings is 2. The summed E-state index contributed by atoms with van der Waals surface area (Å²) in [6.45, 7) is 2.94. The van der Waals surface area contributed by atoms with Crippen LogP contribution in [-0.2, 0) is 11.3 Å². The smallest absolute Gasteiger partial charge is 0.266 e. The van der Waals surface area contributed by atoms with Crippen LogP contribution in [0, 0.1) is 24.1 Å². The number of amides is 1. The van der Waals surface area contributed by atoms with Crippen LogP contribution in [0.15, 0.2) is 48.0 Å². The molecule has 2 heterocycles. The lowest BCUT2D eigenvalue weighted by atomic mass is 10.1. The average Bonchev–Trinajstić information content (AvgIpc) is 3.05. The number of aromatic nitrogens is 2. The average molecular weight is 453 g/mol. The van der Waals surface area contributed by atoms with Gasteiger partial charge >= 0.3 is 0 Å². The lowest BCUT2D eigenvalue weighted by molar-refractivity contribution is -0.112. The van der Waals surface area contributed by atoms with Gasteiger partial charge in [0.05, 0.1) is 12.2 Å². The van der Waals surface area contributed by atoms with Crippen molar-refractivity contribution in [2.24, 2.45) is 0 Å². The molecule has 1 aromatic heterocycles. The number of halogens is 2. The Morgan fingerprint density at radius 2 is 1.97 bits per heavy atom. The zero-order chi connectivity index (χ0) is 22.7. The van der Waals surface area contributed by atoms with Crippen LogP contribution in [0.4, 0.5) is 10.1 Å². The summed E-state index contributed by atoms with van der Waals surface area (Å²) in [4.78, 5) is 12.7. The van der Waals surface area contributed by atoms with Crippen LogP contribution in [0.2, 0.25) is 5.15 Å². The summed E-state index contributed by atoms with van der Waals surface area (Å²) in [6.07, 6.45) is 1.40. The van der Waals surface area contributed by atoms with Gasteiger partial charge in [0, 0.05) is 17.3 Å². The highest BCUT2D eigenvalue weighted by molar-refractivity contribution is 6.31. The Balaban J connectivity index is 1.55. The number of aryl methyl sites for hydroxylation is 1. The minimum Gasteiger partial charge on any atom is -0.486 e. The Morgan fingerprint density at radius 1 is 1.25 bits per heavy atom. The van der Waals surface area contributed by atoms with Crippen molar-refractivity contribution in [1.29, 1.82) is 5.26 Å². The van der Waals surface area contributed by atoms with Gasteiger partial charge in [-0.15, -0.1) is 0 Å². The fraction of sp³-hybridized carbons (Fsp3) is 0.174. The number of anilines is 1. The van der Waals surface area contributed by atoms with Crippen molar-refractivity contribution in [3.63, 3.8) is 0 Å². The van der Waals surface area contributed by atoms with E-state index in [0.29, 0.717) is 48.2 Å². The van der Waals surface area contributed by atoms with Gasteiger partial charge in [0.15, 0.2) is 11.5 Å². The van der Waals surface area contributed by atoms with E-state index in [9.17, 15) is 14.4 Å². The van der Waals surface area contributed by atoms with Crippen LogP contribution in [0.25, 0.3) is 6.08 Å². The van der Waals surface area contributed by atoms with Crippen molar-refractivity contribution in [1.82, 2.24) is 9.78 Å². The predicted octanol–water partition coefficient (Wildman–Crippen LogP) is 4.35. The molecule has 0 bridgehead atoms. The lowest BCUT2D eigenvalue weighted by Gasteiger charge is -2.18. The first kappa shape index (κ1) is 21.4. The Morgan fingerprint density at radius 3 is 2.69 bits per heavy atom. The van der Waals surface area contributed by atoms with E-state index < -0.39 is 5.91 Å². The van der Waals surface area contributed by atoms with E-state index in [1.807, 2.05) is 6.07 Å². The van der Waals surface area contributed by atoms with E-state index in [2.05, 4.69) is 10.4 Å². The van der Waals surface area contributed by atoms with Crippen molar-refractivity contribution in [3.8, 4) is 17.6 Å². The first-order valence-electron chi connectivity index (χ1n) is 9.75. The number of hydrogen-bond acceptors (Lipinski definition) is 5. The number of ether oxygens (including phenoxy) is 2. The van der Waals surface area contributed by atoms with E-state index in [4.69, 9.17) is 21.1 Å². The fourth-order valence-corrected chi connectivity index (χ4v) is 3.50. The summed E-state index contributed by atoms with van der Waals surface area (Å²) >= 11 is 6.47. The monoisotopic (exact) mass is 452 g/mol. The molecule has 0 unspecified atom stereocenters. The molecule has 0 radical (unpaired) electrons. The maximum atomic E-state index is 13.1. The third-order valence-electron chi connectivity index (χ3n) is 4.81. The molecule has 0 fully saturated rings. The molecule has 1 N–H and O–H groups in total. The maximum absolute atomic E-state index is 13.1. The van der Waals surface area contributed by atoms with Gasteiger partial charge in [-0.05, 0) is 42.8 Å². The molecular formula is C23H18ClFN4O3. The zero-order valence-electron chi connectivity index (χ0n) is 17.1. The number of rotatable bonds is 5. The van der Waals surface area contributed by atoms with Crippen molar-refractivity contribution in [2.75, 3.05) is 18.5 Å². The number of carbonyl (C=O) groups excluding carboxylic acids is 1. The summed E-state index contributed by atoms with van der Waals surface area (Å²) in [5.74, 6) is 0.201. The Hall–Kier alpha value is -3.83. The van der Waals surface area contributed by atoms with Crippen molar-refractivity contribution in [2.45, 2.75) is 13.5 Å². The van der Waals surface area contributed by atoms with Crippen molar-refractivity contribution >= 4 is 29.3 Å². The predicted molar refractivity (Wildman–Crippen MR) is 117 cm³/mol. The summed E-state index contributed by atoms with van der Waals surface area (Å²) < 4.78 is 25.6. The minimum absolute atomic E-state index is 0.133. The number of carbonyl (C=O) groups is 1. The minimum atomic E-state index is -0.592. The lowest BCUT2D eigenvalue weighted by Crippen LogP contribution is -2.17. The molecule has 0 saturated heterocycles. The molecule has 32 heavy (non-hydrogen) atoms. The molecule has 9 heteroatoms. The van der Waals surface area contributed by atoms with Gasteiger partial charge in [-0.25, -0.2) is 9.07 Å². The van der Waals surface area contributed by atoms with Gasteiger partial charge in [0.25, 0.3) is 5.91 Å². The molecule has 4 rings (SSSR count). The van der Waals surface area contributed by atoms with Crippen molar-refractivity contribution in [3.05, 3.63) is 75.8 Å². The van der Waals surface area contributed by atoms with Gasteiger partial charge in [0.2, 0.25) is 0 Å². The highest BCUT2D eigenvalue weighted by Crippen LogP contribution is 2.33. The van der Waals surface area contributed by atoms with Crippen molar-refractivity contribution < 1.29 is 18.7 Å². The molecular weight excluding hydrogens is 435 g/mol. The van der Waals surface area contributed by atoms with E-state index in [-0.39, 0.29) is 16.5 Å². The van der Waals surface area contributed by atoms with Gasteiger partial charge < -0.3 is 14.8 Å². The van der Waals surface area contributed by atoms with Gasteiger partial charge in [-0.2, -0.15) is 10.4 Å². The van der Waals surface area contributed by atoms with Gasteiger partial charge in [-0.3, -0.25) is 4.79 Å². The Labute approximate surface area is 188 Å². The molecule has 0 saturated carbocycles. The van der Waals surface area contributed by atoms with Crippen LogP contribution >= 0.6 is 11.6 Å². The first-order valence-corrected chi connectivity index (χ1v) is 10.1. The number of nitrogens with zero attached hydrogens (tertiary/aromatic N) is 3. The molecule has 0 atom stereocenters. The van der Waals surface area contributed by atoms with Crippen LogP contribution in [0.1, 0.15) is 16.8 Å². The zero-order valence-corrected chi connectivity index (χ0v) is 17.8. The molecule has 1 aliphatic heterocycles. The van der Waals surface area contributed by atoms with E-state index in [0.717, 1.165) is 5.56 Å². The second kappa shape index (κ2) is 9.12. The van der Waals surface area contributed by atoms with Gasteiger partial charge in [-0.1, -0.05) is 23.7 Å². The highest BCUT2D eigenvalue weighted by Gasteiger charge is 2.18. The molecule has 1 aliphatic rings. The van der Waals surface area contributed by atoms with E-state index in [1.165, 1.54) is 22.9 Å². The van der Waals surface area contributed by atoms with E-state index in [1.54, 1.807) is 37.3 Å². The number of hydrogen-bond donors (Lipinski definition) is 1. The fourth-order valence-electron chi connectivity index (χ4n) is 3.21. The second-order valence-corrected chi connectivity index (χ2v) is 7.41. The maximum Gasteiger partial charge on any atom is 0.266 e. The summed E-state index contributed by atoms with van der Waals surface area (Å²) in [7, 11) is 0.